The number of esters is 1. The summed E-state index contributed by atoms with van der Waals surface area (Å²) in [5, 5.41) is 21.9. The van der Waals surface area contributed by atoms with Crippen molar-refractivity contribution < 1.29 is 24.4 Å². The molecule has 2 aromatic rings. The predicted molar refractivity (Wildman–Crippen MR) is 123 cm³/mol. The summed E-state index contributed by atoms with van der Waals surface area (Å²) in [5.74, 6) is -3.73. The molecular weight excluding hydrogens is 424 g/mol. The molecule has 0 radical (unpaired) electrons. The first kappa shape index (κ1) is 24.0. The Balaban J connectivity index is 2.32. The van der Waals surface area contributed by atoms with Gasteiger partial charge in [0.15, 0.2) is 0 Å². The fourth-order valence-electron chi connectivity index (χ4n) is 5.24. The minimum Gasteiger partial charge on any atom is -0.481 e. The van der Waals surface area contributed by atoms with Gasteiger partial charge in [0.1, 0.15) is 0 Å². The van der Waals surface area contributed by atoms with Crippen molar-refractivity contribution in [3.8, 4) is 0 Å². The second-order valence-electron chi connectivity index (χ2n) is 8.40. The molecule has 0 saturated carbocycles. The maximum atomic E-state index is 12.9. The van der Waals surface area contributed by atoms with Crippen LogP contribution in [0.15, 0.2) is 65.9 Å². The maximum absolute atomic E-state index is 12.9. The van der Waals surface area contributed by atoms with Gasteiger partial charge in [-0.2, -0.15) is 0 Å². The molecule has 174 valence electrons. The molecule has 2 aromatic carbocycles. The number of carbonyl (C=O) groups excluding carboxylic acids is 1. The number of likely N-dealkylation sites (N-methyl/N-ethyl adjacent to an activating group) is 1. The van der Waals surface area contributed by atoms with Crippen LogP contribution >= 0.6 is 0 Å². The van der Waals surface area contributed by atoms with Crippen LogP contribution in [0.2, 0.25) is 0 Å². The van der Waals surface area contributed by atoms with E-state index in [0.29, 0.717) is 24.2 Å². The third kappa shape index (κ3) is 4.33. The number of nitrogens with zero attached hydrogens (tertiary/aromatic N) is 2. The lowest BCUT2D eigenvalue weighted by molar-refractivity contribution is -0.384. The summed E-state index contributed by atoms with van der Waals surface area (Å²) in [6.07, 6.45) is 0.413. The monoisotopic (exact) mass is 452 g/mol. The van der Waals surface area contributed by atoms with Crippen molar-refractivity contribution in [1.29, 1.82) is 0 Å². The Labute approximate surface area is 192 Å². The van der Waals surface area contributed by atoms with E-state index in [1.54, 1.807) is 13.0 Å². The molecule has 3 unspecified atom stereocenters. The van der Waals surface area contributed by atoms with E-state index >= 15 is 0 Å². The van der Waals surface area contributed by atoms with Crippen LogP contribution in [0.5, 0.6) is 0 Å². The van der Waals surface area contributed by atoms with Crippen LogP contribution in [-0.2, 0) is 20.7 Å². The molecule has 0 aromatic heterocycles. The third-order valence-electron chi connectivity index (χ3n) is 6.56. The van der Waals surface area contributed by atoms with Crippen LogP contribution in [0.25, 0.3) is 0 Å². The Morgan fingerprint density at radius 3 is 2.39 bits per heavy atom. The number of non-ortho nitro benzene ring substituents is 1. The van der Waals surface area contributed by atoms with E-state index in [4.69, 9.17) is 4.74 Å². The number of carboxylic acids is 1. The highest BCUT2D eigenvalue weighted by molar-refractivity contribution is 5.93. The molecule has 1 aliphatic rings. The predicted octanol–water partition coefficient (Wildman–Crippen LogP) is 4.16. The van der Waals surface area contributed by atoms with E-state index in [2.05, 4.69) is 0 Å². The number of ether oxygens (including phenoxy) is 1. The summed E-state index contributed by atoms with van der Waals surface area (Å²) in [5.41, 5.74) is 1.08. The fraction of sp³-hybridized carbons (Fsp3) is 0.360. The summed E-state index contributed by atoms with van der Waals surface area (Å²) in [6.45, 7) is 6.04. The molecular formula is C25H28N2O6. The SMILES string of the molecule is CCN1C(C)=C(C(=O)OC)C(c2cccc([N+](=O)[O-])c2)C(C(=O)O)C1(C)Cc1ccccc1. The van der Waals surface area contributed by atoms with Crippen molar-refractivity contribution in [2.24, 2.45) is 5.92 Å². The topological polar surface area (TPSA) is 110 Å². The zero-order valence-corrected chi connectivity index (χ0v) is 19.1. The molecule has 3 rings (SSSR count). The molecule has 0 amide bonds. The van der Waals surface area contributed by atoms with E-state index in [1.807, 2.05) is 49.1 Å². The highest BCUT2D eigenvalue weighted by Crippen LogP contribution is 2.50. The molecule has 0 spiro atoms. The standard InChI is InChI=1S/C25H28N2O6/c1-5-26-16(2)20(24(30)33-4)21(18-12-9-13-19(14-18)27(31)32)22(23(28)29)25(26,3)15-17-10-7-6-8-11-17/h6-14,21-22H,5,15H2,1-4H3,(H,28,29). The van der Waals surface area contributed by atoms with Gasteiger partial charge in [0, 0.05) is 30.3 Å². The highest BCUT2D eigenvalue weighted by Gasteiger charge is 2.54. The Bertz CT molecular complexity index is 1100. The maximum Gasteiger partial charge on any atom is 0.336 e. The van der Waals surface area contributed by atoms with E-state index in [1.165, 1.54) is 25.3 Å². The van der Waals surface area contributed by atoms with Crippen molar-refractivity contribution in [2.45, 2.75) is 38.6 Å². The van der Waals surface area contributed by atoms with E-state index in [9.17, 15) is 24.8 Å². The number of aliphatic carboxylic acids is 1. The Kier molecular flexibility index (Phi) is 6.86. The summed E-state index contributed by atoms with van der Waals surface area (Å²) < 4.78 is 5.05. The van der Waals surface area contributed by atoms with Gasteiger partial charge in [-0.25, -0.2) is 4.79 Å². The quantitative estimate of drug-likeness (QED) is 0.381. The number of methoxy groups -OCH3 is 1. The fourth-order valence-corrected chi connectivity index (χ4v) is 5.24. The molecule has 8 nitrogen and oxygen atoms in total. The van der Waals surface area contributed by atoms with Crippen LogP contribution in [-0.4, -0.2) is 46.1 Å². The van der Waals surface area contributed by atoms with Crippen LogP contribution < -0.4 is 0 Å². The Morgan fingerprint density at radius 1 is 1.18 bits per heavy atom. The molecule has 1 N–H and O–H groups in total. The second-order valence-corrected chi connectivity index (χ2v) is 8.40. The van der Waals surface area contributed by atoms with Gasteiger partial charge < -0.3 is 14.7 Å². The molecule has 0 fully saturated rings. The molecule has 33 heavy (non-hydrogen) atoms. The Hall–Kier alpha value is -3.68. The zero-order valence-electron chi connectivity index (χ0n) is 19.1. The van der Waals surface area contributed by atoms with Gasteiger partial charge in [0.2, 0.25) is 0 Å². The number of carbonyl (C=O) groups is 2. The van der Waals surface area contributed by atoms with Crippen molar-refractivity contribution in [3.05, 3.63) is 87.1 Å². The lowest BCUT2D eigenvalue weighted by atomic mass is 9.64. The highest BCUT2D eigenvalue weighted by atomic mass is 16.6. The first-order valence-electron chi connectivity index (χ1n) is 10.7. The average molecular weight is 453 g/mol. The van der Waals surface area contributed by atoms with Crippen molar-refractivity contribution in [2.75, 3.05) is 13.7 Å². The van der Waals surface area contributed by atoms with Gasteiger partial charge in [-0.3, -0.25) is 14.9 Å². The van der Waals surface area contributed by atoms with Gasteiger partial charge in [-0.1, -0.05) is 42.5 Å². The summed E-state index contributed by atoms with van der Waals surface area (Å²) in [6, 6.07) is 15.4. The minimum atomic E-state index is -1.09. The molecule has 1 heterocycles. The van der Waals surface area contributed by atoms with Crippen LogP contribution in [0.3, 0.4) is 0 Å². The lowest BCUT2D eigenvalue weighted by Gasteiger charge is -2.53. The van der Waals surface area contributed by atoms with Crippen molar-refractivity contribution in [3.63, 3.8) is 0 Å². The van der Waals surface area contributed by atoms with Crippen molar-refractivity contribution >= 4 is 17.6 Å². The van der Waals surface area contributed by atoms with Gasteiger partial charge in [0.05, 0.1) is 29.1 Å². The number of rotatable bonds is 7. The molecule has 0 bridgehead atoms. The smallest absolute Gasteiger partial charge is 0.336 e. The summed E-state index contributed by atoms with van der Waals surface area (Å²) in [4.78, 5) is 38.6. The van der Waals surface area contributed by atoms with E-state index in [0.717, 1.165) is 5.56 Å². The largest absolute Gasteiger partial charge is 0.481 e. The van der Waals surface area contributed by atoms with Gasteiger partial charge in [0.25, 0.3) is 5.69 Å². The van der Waals surface area contributed by atoms with Gasteiger partial charge >= 0.3 is 11.9 Å². The minimum absolute atomic E-state index is 0.166. The molecule has 3 atom stereocenters. The third-order valence-corrected chi connectivity index (χ3v) is 6.56. The van der Waals surface area contributed by atoms with E-state index in [-0.39, 0.29) is 11.3 Å². The first-order chi connectivity index (χ1) is 15.7. The molecule has 1 aliphatic heterocycles. The number of benzene rings is 2. The number of carboxylic acid groups (broad SMARTS) is 1. The summed E-state index contributed by atoms with van der Waals surface area (Å²) in [7, 11) is 1.25. The first-order valence-corrected chi connectivity index (χ1v) is 10.7. The molecule has 8 heteroatoms. The van der Waals surface area contributed by atoms with Crippen LogP contribution in [0.4, 0.5) is 5.69 Å². The van der Waals surface area contributed by atoms with Crippen molar-refractivity contribution in [1.82, 2.24) is 4.90 Å². The lowest BCUT2D eigenvalue weighted by Crippen LogP contribution is -2.60. The summed E-state index contributed by atoms with van der Waals surface area (Å²) >= 11 is 0. The zero-order chi connectivity index (χ0) is 24.3. The number of hydrogen-bond acceptors (Lipinski definition) is 6. The average Bonchev–Trinajstić information content (AvgIpc) is 2.78. The normalized spacial score (nSPS) is 22.7. The van der Waals surface area contributed by atoms with Crippen LogP contribution in [0.1, 0.15) is 37.8 Å². The Morgan fingerprint density at radius 2 is 1.85 bits per heavy atom. The number of nitro benzene ring substituents is 1. The second kappa shape index (κ2) is 9.44. The number of allylic oxidation sites excluding steroid dienone is 1. The van der Waals surface area contributed by atoms with Gasteiger partial charge in [-0.15, -0.1) is 0 Å². The van der Waals surface area contributed by atoms with E-state index < -0.39 is 34.2 Å². The van der Waals surface area contributed by atoms with Crippen LogP contribution in [0, 0.1) is 16.0 Å². The molecule has 0 saturated heterocycles. The molecule has 0 aliphatic carbocycles. The van der Waals surface area contributed by atoms with Gasteiger partial charge in [-0.05, 0) is 38.3 Å². The number of nitro groups is 1. The number of hydrogen-bond donors (Lipinski definition) is 1.